The van der Waals surface area contributed by atoms with E-state index < -0.39 is 0 Å². The zero-order valence-corrected chi connectivity index (χ0v) is 15.7. The molecule has 4 bridgehead atoms. The van der Waals surface area contributed by atoms with Gasteiger partial charge in [0.1, 0.15) is 0 Å². The van der Waals surface area contributed by atoms with E-state index in [9.17, 15) is 4.79 Å². The van der Waals surface area contributed by atoms with E-state index in [4.69, 9.17) is 9.78 Å². The van der Waals surface area contributed by atoms with E-state index in [2.05, 4.69) is 21.5 Å². The second kappa shape index (κ2) is 6.30. The average molecular weight is 369 g/mol. The molecule has 7 nitrogen and oxygen atoms in total. The summed E-state index contributed by atoms with van der Waals surface area (Å²) in [5.41, 5.74) is 0.371. The molecule has 27 heavy (non-hydrogen) atoms. The highest BCUT2D eigenvalue weighted by molar-refractivity contribution is 5.79. The number of hydrogen-bond donors (Lipinski definition) is 1. The SMILES string of the molecule is N#CC[C@@H]1CCCN1C(=O)CNC12CC3CC1CC(Cc1ncon1)(C3)C2. The third kappa shape index (κ3) is 2.85. The molecule has 1 saturated heterocycles. The van der Waals surface area contributed by atoms with Gasteiger partial charge >= 0.3 is 0 Å². The van der Waals surface area contributed by atoms with Crippen molar-refractivity contribution in [3.8, 4) is 6.07 Å². The van der Waals surface area contributed by atoms with E-state index in [1.807, 2.05) is 4.90 Å². The molecule has 7 heteroatoms. The van der Waals surface area contributed by atoms with Crippen LogP contribution in [0.3, 0.4) is 0 Å². The van der Waals surface area contributed by atoms with E-state index in [-0.39, 0.29) is 22.9 Å². The molecule has 0 radical (unpaired) electrons. The maximum absolute atomic E-state index is 12.8. The molecule has 5 atom stereocenters. The summed E-state index contributed by atoms with van der Waals surface area (Å²) in [5.74, 6) is 2.40. The molecule has 4 unspecified atom stereocenters. The lowest BCUT2D eigenvalue weighted by Crippen LogP contribution is -2.52. The van der Waals surface area contributed by atoms with E-state index >= 15 is 0 Å². The summed E-state index contributed by atoms with van der Waals surface area (Å²) in [4.78, 5) is 19.0. The second-order valence-electron chi connectivity index (χ2n) is 9.37. The smallest absolute Gasteiger partial charge is 0.236 e. The standard InChI is InChI=1S/C20H27N5O2/c21-4-3-16-2-1-5-25(16)18(26)11-23-20-8-14-6-15(20)9-19(7-14,12-20)10-17-22-13-27-24-17/h13-16,23H,1-3,5-12H2/t14?,15?,16-,19?,20?/m0/s1. The number of nitrogens with one attached hydrogen (secondary N) is 1. The number of carbonyl (C=O) groups is 1. The van der Waals surface area contributed by atoms with Gasteiger partial charge in [-0.1, -0.05) is 5.16 Å². The molecule has 1 amide bonds. The van der Waals surface area contributed by atoms with Crippen molar-refractivity contribution >= 4 is 5.91 Å². The molecule has 1 aliphatic heterocycles. The summed E-state index contributed by atoms with van der Waals surface area (Å²) in [6.07, 6.45) is 10.8. The van der Waals surface area contributed by atoms with Crippen molar-refractivity contribution in [1.82, 2.24) is 20.4 Å². The number of hydrogen-bond acceptors (Lipinski definition) is 6. The van der Waals surface area contributed by atoms with Crippen molar-refractivity contribution in [1.29, 1.82) is 5.26 Å². The Hall–Kier alpha value is -1.94. The number of likely N-dealkylation sites (tertiary alicyclic amines) is 1. The predicted octanol–water partition coefficient (Wildman–Crippen LogP) is 2.06. The van der Waals surface area contributed by atoms with E-state index in [1.54, 1.807) is 0 Å². The molecular weight excluding hydrogens is 342 g/mol. The highest BCUT2D eigenvalue weighted by Crippen LogP contribution is 2.66. The van der Waals surface area contributed by atoms with Crippen LogP contribution in [0.5, 0.6) is 0 Å². The van der Waals surface area contributed by atoms with Gasteiger partial charge in [0.05, 0.1) is 19.0 Å². The van der Waals surface area contributed by atoms with E-state index in [0.29, 0.717) is 18.9 Å². The van der Waals surface area contributed by atoms with Crippen LogP contribution in [0.2, 0.25) is 0 Å². The Balaban J connectivity index is 1.26. The van der Waals surface area contributed by atoms with Gasteiger partial charge < -0.3 is 14.7 Å². The minimum atomic E-state index is 0.104. The minimum absolute atomic E-state index is 0.104. The lowest BCUT2D eigenvalue weighted by molar-refractivity contribution is -0.131. The van der Waals surface area contributed by atoms with Crippen molar-refractivity contribution in [3.63, 3.8) is 0 Å². The normalized spacial score (nSPS) is 39.2. The average Bonchev–Trinajstić information content (AvgIpc) is 3.38. The zero-order valence-electron chi connectivity index (χ0n) is 15.7. The van der Waals surface area contributed by atoms with Gasteiger partial charge in [-0.2, -0.15) is 10.2 Å². The van der Waals surface area contributed by atoms with Crippen molar-refractivity contribution < 1.29 is 9.32 Å². The Morgan fingerprint density at radius 2 is 2.37 bits per heavy atom. The van der Waals surface area contributed by atoms with Crippen LogP contribution in [0.25, 0.3) is 0 Å². The van der Waals surface area contributed by atoms with Crippen LogP contribution >= 0.6 is 0 Å². The predicted molar refractivity (Wildman–Crippen MR) is 96.2 cm³/mol. The topological polar surface area (TPSA) is 95.1 Å². The molecule has 1 aromatic heterocycles. The highest BCUT2D eigenvalue weighted by atomic mass is 16.5. The maximum Gasteiger partial charge on any atom is 0.236 e. The van der Waals surface area contributed by atoms with Crippen molar-refractivity contribution in [2.75, 3.05) is 13.1 Å². The quantitative estimate of drug-likeness (QED) is 0.825. The summed E-state index contributed by atoms with van der Waals surface area (Å²) in [7, 11) is 0. The van der Waals surface area contributed by atoms with E-state index in [1.165, 1.54) is 32.1 Å². The molecule has 6 rings (SSSR count). The maximum atomic E-state index is 12.8. The lowest BCUT2D eigenvalue weighted by Gasteiger charge is -2.41. The fourth-order valence-electron chi connectivity index (χ4n) is 7.00. The molecule has 4 saturated carbocycles. The number of aromatic nitrogens is 2. The van der Waals surface area contributed by atoms with Gasteiger partial charge in [0.2, 0.25) is 12.3 Å². The number of nitriles is 1. The first kappa shape index (κ1) is 17.2. The monoisotopic (exact) mass is 369 g/mol. The fourth-order valence-corrected chi connectivity index (χ4v) is 7.00. The van der Waals surface area contributed by atoms with Crippen molar-refractivity contribution in [3.05, 3.63) is 12.2 Å². The number of nitrogens with zero attached hydrogens (tertiary/aromatic N) is 4. The van der Waals surface area contributed by atoms with Crippen LogP contribution in [-0.2, 0) is 11.2 Å². The van der Waals surface area contributed by atoms with Gasteiger partial charge in [-0.05, 0) is 62.2 Å². The fraction of sp³-hybridized carbons (Fsp3) is 0.800. The molecule has 1 aromatic rings. The molecule has 4 aliphatic carbocycles. The largest absolute Gasteiger partial charge is 0.343 e. The summed E-state index contributed by atoms with van der Waals surface area (Å²) < 4.78 is 4.94. The van der Waals surface area contributed by atoms with Gasteiger partial charge in [0.15, 0.2) is 5.82 Å². The van der Waals surface area contributed by atoms with Crippen LogP contribution in [0.4, 0.5) is 0 Å². The molecule has 1 N–H and O–H groups in total. The molecular formula is C20H27N5O2. The van der Waals surface area contributed by atoms with Gasteiger partial charge in [-0.3, -0.25) is 4.79 Å². The van der Waals surface area contributed by atoms with Gasteiger partial charge in [-0.15, -0.1) is 0 Å². The third-order valence-electron chi connectivity index (χ3n) is 7.70. The Morgan fingerprint density at radius 3 is 3.19 bits per heavy atom. The summed E-state index contributed by atoms with van der Waals surface area (Å²) in [5, 5.41) is 16.8. The summed E-state index contributed by atoms with van der Waals surface area (Å²) >= 11 is 0. The van der Waals surface area contributed by atoms with Gasteiger partial charge in [0.25, 0.3) is 0 Å². The molecule has 144 valence electrons. The highest BCUT2D eigenvalue weighted by Gasteiger charge is 2.63. The van der Waals surface area contributed by atoms with E-state index in [0.717, 1.165) is 44.0 Å². The van der Waals surface area contributed by atoms with Gasteiger partial charge in [-0.25, -0.2) is 0 Å². The summed E-state index contributed by atoms with van der Waals surface area (Å²) in [6.45, 7) is 1.21. The van der Waals surface area contributed by atoms with Crippen LogP contribution < -0.4 is 5.32 Å². The zero-order chi connectivity index (χ0) is 18.5. The number of amides is 1. The Morgan fingerprint density at radius 1 is 1.44 bits per heavy atom. The molecule has 5 fully saturated rings. The van der Waals surface area contributed by atoms with Crippen LogP contribution in [-0.4, -0.2) is 45.6 Å². The van der Waals surface area contributed by atoms with Crippen LogP contribution in [0.1, 0.15) is 57.2 Å². The molecule has 0 spiro atoms. The Bertz CT molecular complexity index is 759. The number of rotatable bonds is 6. The van der Waals surface area contributed by atoms with Crippen molar-refractivity contribution in [2.45, 2.75) is 69.4 Å². The Kier molecular flexibility index (Phi) is 4.01. The first-order valence-electron chi connectivity index (χ1n) is 10.3. The second-order valence-corrected chi connectivity index (χ2v) is 9.37. The first-order chi connectivity index (χ1) is 13.1. The lowest BCUT2D eigenvalue weighted by atomic mass is 9.67. The molecule has 0 aromatic carbocycles. The Labute approximate surface area is 159 Å². The van der Waals surface area contributed by atoms with Crippen LogP contribution in [0, 0.1) is 28.6 Å². The molecule has 2 heterocycles. The third-order valence-corrected chi connectivity index (χ3v) is 7.70. The van der Waals surface area contributed by atoms with Crippen LogP contribution in [0.15, 0.2) is 10.9 Å². The number of carbonyl (C=O) groups excluding carboxylic acids is 1. The van der Waals surface area contributed by atoms with Gasteiger partial charge in [0, 0.05) is 24.5 Å². The van der Waals surface area contributed by atoms with Crippen molar-refractivity contribution in [2.24, 2.45) is 17.3 Å². The minimum Gasteiger partial charge on any atom is -0.343 e. The molecule has 5 aliphatic rings. The summed E-state index contributed by atoms with van der Waals surface area (Å²) in [6, 6.07) is 2.34. The first-order valence-corrected chi connectivity index (χ1v) is 10.3.